The van der Waals surface area contributed by atoms with Crippen LogP contribution in [-0.2, 0) is 22.9 Å². The van der Waals surface area contributed by atoms with Gasteiger partial charge in [0, 0.05) is 36.4 Å². The summed E-state index contributed by atoms with van der Waals surface area (Å²) >= 11 is 12.1. The highest BCUT2D eigenvalue weighted by atomic mass is 35.5. The van der Waals surface area contributed by atoms with Crippen LogP contribution in [-0.4, -0.2) is 27.7 Å². The van der Waals surface area contributed by atoms with Gasteiger partial charge in [0.1, 0.15) is 0 Å². The lowest BCUT2D eigenvalue weighted by atomic mass is 10.1. The minimum absolute atomic E-state index is 0.348. The molecular formula is C18H21Cl2N3O2S. The van der Waals surface area contributed by atoms with Gasteiger partial charge in [0.05, 0.1) is 4.90 Å². The smallest absolute Gasteiger partial charge is 0.191 e. The van der Waals surface area contributed by atoms with E-state index in [1.807, 2.05) is 12.1 Å². The minimum Gasteiger partial charge on any atom is -0.352 e. The summed E-state index contributed by atoms with van der Waals surface area (Å²) in [5.74, 6) is 0.612. The molecule has 140 valence electrons. The van der Waals surface area contributed by atoms with Crippen LogP contribution in [0.1, 0.15) is 16.7 Å². The van der Waals surface area contributed by atoms with Crippen molar-refractivity contribution in [3.05, 3.63) is 63.1 Å². The van der Waals surface area contributed by atoms with Gasteiger partial charge in [0.25, 0.3) is 0 Å². The van der Waals surface area contributed by atoms with E-state index in [0.717, 1.165) is 16.7 Å². The topological polar surface area (TPSA) is 70.6 Å². The molecular weight excluding hydrogens is 393 g/mol. The third-order valence-electron chi connectivity index (χ3n) is 3.78. The van der Waals surface area contributed by atoms with Crippen LogP contribution in [0.5, 0.6) is 0 Å². The SMILES string of the molecule is CN=C(NCc1ccc(S(C)(=O)=O)c(C)c1)NCc1ccc(Cl)cc1Cl. The molecule has 0 fully saturated rings. The molecule has 2 aromatic rings. The molecule has 0 saturated heterocycles. The zero-order valence-corrected chi connectivity index (χ0v) is 17.1. The van der Waals surface area contributed by atoms with Crippen LogP contribution in [0.25, 0.3) is 0 Å². The van der Waals surface area contributed by atoms with Crippen molar-refractivity contribution in [2.75, 3.05) is 13.3 Å². The average molecular weight is 414 g/mol. The number of aryl methyl sites for hydroxylation is 1. The number of rotatable bonds is 5. The first-order valence-electron chi connectivity index (χ1n) is 7.88. The van der Waals surface area contributed by atoms with Crippen molar-refractivity contribution in [2.45, 2.75) is 24.9 Å². The van der Waals surface area contributed by atoms with Crippen LogP contribution >= 0.6 is 23.2 Å². The van der Waals surface area contributed by atoms with Crippen molar-refractivity contribution < 1.29 is 8.42 Å². The van der Waals surface area contributed by atoms with E-state index in [1.165, 1.54) is 6.26 Å². The first-order chi connectivity index (χ1) is 12.2. The molecule has 0 bridgehead atoms. The van der Waals surface area contributed by atoms with Crippen molar-refractivity contribution in [1.82, 2.24) is 10.6 Å². The Bertz CT molecular complexity index is 928. The first-order valence-corrected chi connectivity index (χ1v) is 10.5. The maximum absolute atomic E-state index is 11.7. The Labute approximate surface area is 164 Å². The molecule has 0 unspecified atom stereocenters. The van der Waals surface area contributed by atoms with Gasteiger partial charge in [-0.25, -0.2) is 8.42 Å². The van der Waals surface area contributed by atoms with E-state index in [1.54, 1.807) is 38.2 Å². The Balaban J connectivity index is 1.98. The molecule has 0 aromatic heterocycles. The van der Waals surface area contributed by atoms with Gasteiger partial charge in [-0.05, 0) is 41.8 Å². The van der Waals surface area contributed by atoms with E-state index in [2.05, 4.69) is 15.6 Å². The van der Waals surface area contributed by atoms with Gasteiger partial charge in [-0.2, -0.15) is 0 Å². The second-order valence-corrected chi connectivity index (χ2v) is 8.71. The molecule has 0 aliphatic carbocycles. The van der Waals surface area contributed by atoms with Crippen LogP contribution in [0.15, 0.2) is 46.3 Å². The van der Waals surface area contributed by atoms with Gasteiger partial charge < -0.3 is 10.6 Å². The molecule has 0 saturated carbocycles. The molecule has 2 N–H and O–H groups in total. The third kappa shape index (κ3) is 5.62. The van der Waals surface area contributed by atoms with Gasteiger partial charge in [-0.15, -0.1) is 0 Å². The molecule has 5 nitrogen and oxygen atoms in total. The normalized spacial score (nSPS) is 12.1. The van der Waals surface area contributed by atoms with E-state index in [0.29, 0.717) is 34.0 Å². The summed E-state index contributed by atoms with van der Waals surface area (Å²) < 4.78 is 23.4. The molecule has 0 heterocycles. The van der Waals surface area contributed by atoms with E-state index in [4.69, 9.17) is 23.2 Å². The van der Waals surface area contributed by atoms with Crippen molar-refractivity contribution in [1.29, 1.82) is 0 Å². The largest absolute Gasteiger partial charge is 0.352 e. The standard InChI is InChI=1S/C18H21Cl2N3O2S/c1-12-8-13(4-7-17(12)26(3,24)25)10-22-18(21-2)23-11-14-5-6-15(19)9-16(14)20/h4-9H,10-11H2,1-3H3,(H2,21,22,23). The third-order valence-corrected chi connectivity index (χ3v) is 5.63. The van der Waals surface area contributed by atoms with Gasteiger partial charge in [0.15, 0.2) is 15.8 Å². The molecule has 0 radical (unpaired) electrons. The van der Waals surface area contributed by atoms with Crippen molar-refractivity contribution in [2.24, 2.45) is 4.99 Å². The number of benzene rings is 2. The quantitative estimate of drug-likeness (QED) is 0.580. The number of aliphatic imine (C=N–C) groups is 1. The molecule has 8 heteroatoms. The molecule has 0 aliphatic rings. The average Bonchev–Trinajstić information content (AvgIpc) is 2.55. The van der Waals surface area contributed by atoms with Crippen molar-refractivity contribution in [3.63, 3.8) is 0 Å². The van der Waals surface area contributed by atoms with Crippen LogP contribution in [0.4, 0.5) is 0 Å². The zero-order valence-electron chi connectivity index (χ0n) is 14.8. The second kappa shape index (κ2) is 8.75. The van der Waals surface area contributed by atoms with E-state index >= 15 is 0 Å². The highest BCUT2D eigenvalue weighted by Crippen LogP contribution is 2.20. The summed E-state index contributed by atoms with van der Waals surface area (Å²) in [6.07, 6.45) is 1.21. The summed E-state index contributed by atoms with van der Waals surface area (Å²) in [6, 6.07) is 10.6. The molecule has 0 spiro atoms. The number of sulfone groups is 1. The molecule has 0 aliphatic heterocycles. The van der Waals surface area contributed by atoms with E-state index < -0.39 is 9.84 Å². The van der Waals surface area contributed by atoms with E-state index in [-0.39, 0.29) is 0 Å². The van der Waals surface area contributed by atoms with Crippen molar-refractivity contribution in [3.8, 4) is 0 Å². The fourth-order valence-electron chi connectivity index (χ4n) is 2.49. The molecule has 26 heavy (non-hydrogen) atoms. The van der Waals surface area contributed by atoms with Crippen LogP contribution in [0.2, 0.25) is 10.0 Å². The monoisotopic (exact) mass is 413 g/mol. The molecule has 0 amide bonds. The number of hydrogen-bond donors (Lipinski definition) is 2. The Morgan fingerprint density at radius 3 is 2.35 bits per heavy atom. The number of nitrogens with one attached hydrogen (secondary N) is 2. The van der Waals surface area contributed by atoms with Gasteiger partial charge in [-0.3, -0.25) is 4.99 Å². The summed E-state index contributed by atoms with van der Waals surface area (Å²) in [6.45, 7) is 2.80. The van der Waals surface area contributed by atoms with Gasteiger partial charge in [-0.1, -0.05) is 41.4 Å². The Kier molecular flexibility index (Phi) is 6.92. The molecule has 2 aromatic carbocycles. The number of hydrogen-bond acceptors (Lipinski definition) is 3. The lowest BCUT2D eigenvalue weighted by Crippen LogP contribution is -2.36. The second-order valence-electron chi connectivity index (χ2n) is 5.89. The van der Waals surface area contributed by atoms with Crippen molar-refractivity contribution >= 4 is 39.0 Å². The number of halogens is 2. The van der Waals surface area contributed by atoms with Crippen LogP contribution in [0.3, 0.4) is 0 Å². The first kappa shape index (κ1) is 20.6. The predicted octanol–water partition coefficient (Wildman–Crippen LogP) is 3.57. The number of nitrogens with zero attached hydrogens (tertiary/aromatic N) is 1. The van der Waals surface area contributed by atoms with Crippen LogP contribution < -0.4 is 10.6 Å². The summed E-state index contributed by atoms with van der Waals surface area (Å²) in [4.78, 5) is 4.52. The maximum atomic E-state index is 11.7. The Morgan fingerprint density at radius 1 is 1.08 bits per heavy atom. The van der Waals surface area contributed by atoms with Crippen LogP contribution in [0, 0.1) is 6.92 Å². The molecule has 2 rings (SSSR count). The van der Waals surface area contributed by atoms with Gasteiger partial charge >= 0.3 is 0 Å². The highest BCUT2D eigenvalue weighted by molar-refractivity contribution is 7.90. The lowest BCUT2D eigenvalue weighted by Gasteiger charge is -2.14. The van der Waals surface area contributed by atoms with Gasteiger partial charge in [0.2, 0.25) is 0 Å². The Hall–Kier alpha value is -1.76. The number of guanidine groups is 1. The van der Waals surface area contributed by atoms with E-state index in [9.17, 15) is 8.42 Å². The fourth-order valence-corrected chi connectivity index (χ4v) is 3.92. The summed E-state index contributed by atoms with van der Waals surface area (Å²) in [5, 5.41) is 7.56. The summed E-state index contributed by atoms with van der Waals surface area (Å²) in [7, 11) is -1.53. The highest BCUT2D eigenvalue weighted by Gasteiger charge is 2.11. The summed E-state index contributed by atoms with van der Waals surface area (Å²) in [5.41, 5.74) is 2.59. The Morgan fingerprint density at radius 2 is 1.77 bits per heavy atom. The lowest BCUT2D eigenvalue weighted by molar-refractivity contribution is 0.601. The fraction of sp³-hybridized carbons (Fsp3) is 0.278. The maximum Gasteiger partial charge on any atom is 0.191 e. The zero-order chi connectivity index (χ0) is 19.3. The minimum atomic E-state index is -3.21. The molecule has 0 atom stereocenters. The predicted molar refractivity (Wildman–Crippen MR) is 108 cm³/mol.